The average molecular weight is 422 g/mol. The Morgan fingerprint density at radius 3 is 2.79 bits per heavy atom. The molecule has 0 radical (unpaired) electrons. The molecular weight excluding hydrogens is 398 g/mol. The van der Waals surface area contributed by atoms with E-state index in [4.69, 9.17) is 21.1 Å². The highest BCUT2D eigenvalue weighted by Crippen LogP contribution is 2.38. The summed E-state index contributed by atoms with van der Waals surface area (Å²) in [5.41, 5.74) is 1.53. The SMILES string of the molecule is CCOC(=O)c1c(NC(=O)[C@@H](C)Oc2cccc(Cl)c2)sc2c1CCCCC2. The van der Waals surface area contributed by atoms with Crippen molar-refractivity contribution in [2.24, 2.45) is 0 Å². The molecule has 1 aromatic heterocycles. The number of fused-ring (bicyclic) bond motifs is 1. The molecule has 0 bridgehead atoms. The minimum Gasteiger partial charge on any atom is -0.481 e. The number of nitrogens with one attached hydrogen (secondary N) is 1. The van der Waals surface area contributed by atoms with Crippen molar-refractivity contribution in [1.29, 1.82) is 0 Å². The molecule has 7 heteroatoms. The molecule has 0 spiro atoms. The van der Waals surface area contributed by atoms with E-state index < -0.39 is 6.10 Å². The number of amides is 1. The van der Waals surface area contributed by atoms with Gasteiger partial charge in [0.15, 0.2) is 6.10 Å². The lowest BCUT2D eigenvalue weighted by Gasteiger charge is -2.15. The van der Waals surface area contributed by atoms with Crippen LogP contribution in [0, 0.1) is 0 Å². The molecule has 1 amide bonds. The molecule has 2 aromatic rings. The molecular formula is C21H24ClNO4S. The van der Waals surface area contributed by atoms with E-state index in [0.29, 0.717) is 27.9 Å². The Bertz CT molecular complexity index is 864. The van der Waals surface area contributed by atoms with E-state index in [1.54, 1.807) is 38.1 Å². The maximum atomic E-state index is 12.7. The zero-order chi connectivity index (χ0) is 20.1. The van der Waals surface area contributed by atoms with Gasteiger partial charge in [-0.3, -0.25) is 4.79 Å². The van der Waals surface area contributed by atoms with E-state index in [1.165, 1.54) is 16.2 Å². The minimum absolute atomic E-state index is 0.297. The summed E-state index contributed by atoms with van der Waals surface area (Å²) in [5, 5.41) is 3.97. The van der Waals surface area contributed by atoms with E-state index in [0.717, 1.165) is 37.7 Å². The summed E-state index contributed by atoms with van der Waals surface area (Å²) in [7, 11) is 0. The molecule has 1 N–H and O–H groups in total. The second kappa shape index (κ2) is 9.43. The lowest BCUT2D eigenvalue weighted by Crippen LogP contribution is -2.30. The van der Waals surface area contributed by atoms with Gasteiger partial charge in [0.05, 0.1) is 12.2 Å². The van der Waals surface area contributed by atoms with Crippen molar-refractivity contribution < 1.29 is 19.1 Å². The highest BCUT2D eigenvalue weighted by Gasteiger charge is 2.27. The van der Waals surface area contributed by atoms with E-state index in [1.807, 2.05) is 0 Å². The summed E-state index contributed by atoms with van der Waals surface area (Å²) in [6.45, 7) is 3.74. The van der Waals surface area contributed by atoms with Crippen molar-refractivity contribution in [2.45, 2.75) is 52.1 Å². The molecule has 1 heterocycles. The monoisotopic (exact) mass is 421 g/mol. The van der Waals surface area contributed by atoms with Gasteiger partial charge in [0.1, 0.15) is 10.8 Å². The van der Waals surface area contributed by atoms with Gasteiger partial charge in [-0.1, -0.05) is 24.1 Å². The van der Waals surface area contributed by atoms with E-state index in [9.17, 15) is 9.59 Å². The minimum atomic E-state index is -0.740. The number of ether oxygens (including phenoxy) is 2. The summed E-state index contributed by atoms with van der Waals surface area (Å²) in [6, 6.07) is 6.90. The van der Waals surface area contributed by atoms with Crippen molar-refractivity contribution in [2.75, 3.05) is 11.9 Å². The molecule has 150 valence electrons. The first kappa shape index (κ1) is 20.7. The van der Waals surface area contributed by atoms with Crippen LogP contribution >= 0.6 is 22.9 Å². The Balaban J connectivity index is 1.80. The third-order valence-corrected chi connectivity index (χ3v) is 6.06. The summed E-state index contributed by atoms with van der Waals surface area (Å²) in [5.74, 6) is -0.176. The zero-order valence-corrected chi connectivity index (χ0v) is 17.6. The quantitative estimate of drug-likeness (QED) is 0.510. The van der Waals surface area contributed by atoms with Crippen LogP contribution < -0.4 is 10.1 Å². The summed E-state index contributed by atoms with van der Waals surface area (Å²) in [6.07, 6.45) is 4.31. The first-order valence-electron chi connectivity index (χ1n) is 9.54. The van der Waals surface area contributed by atoms with Crippen LogP contribution in [0.15, 0.2) is 24.3 Å². The highest BCUT2D eigenvalue weighted by atomic mass is 35.5. The van der Waals surface area contributed by atoms with Crippen LogP contribution in [0.2, 0.25) is 5.02 Å². The normalized spacial score (nSPS) is 14.5. The van der Waals surface area contributed by atoms with Gasteiger partial charge in [0, 0.05) is 9.90 Å². The van der Waals surface area contributed by atoms with Gasteiger partial charge in [0.2, 0.25) is 0 Å². The standard InChI is InChI=1S/C21H24ClNO4S/c1-3-26-21(25)18-16-10-5-4-6-11-17(16)28-20(18)23-19(24)13(2)27-15-9-7-8-14(22)12-15/h7-9,12-13H,3-6,10-11H2,1-2H3,(H,23,24)/t13-/m1/s1. The number of rotatable bonds is 6. The summed E-state index contributed by atoms with van der Waals surface area (Å²) in [4.78, 5) is 26.4. The molecule has 1 aliphatic carbocycles. The predicted octanol–water partition coefficient (Wildman–Crippen LogP) is 5.25. The summed E-state index contributed by atoms with van der Waals surface area (Å²) >= 11 is 7.44. The number of esters is 1. The Kier molecular flexibility index (Phi) is 6.97. The van der Waals surface area contributed by atoms with Gasteiger partial charge in [-0.05, 0) is 63.3 Å². The number of anilines is 1. The molecule has 1 aliphatic rings. The van der Waals surface area contributed by atoms with Gasteiger partial charge in [-0.15, -0.1) is 11.3 Å². The van der Waals surface area contributed by atoms with E-state index in [-0.39, 0.29) is 11.9 Å². The molecule has 0 saturated carbocycles. The number of carbonyl (C=O) groups excluding carboxylic acids is 2. The number of hydrogen-bond acceptors (Lipinski definition) is 5. The fourth-order valence-corrected chi connectivity index (χ4v) is 4.72. The molecule has 1 atom stereocenters. The predicted molar refractivity (Wildman–Crippen MR) is 112 cm³/mol. The van der Waals surface area contributed by atoms with Crippen LogP contribution in [-0.4, -0.2) is 24.6 Å². The second-order valence-electron chi connectivity index (χ2n) is 6.70. The Hall–Kier alpha value is -2.05. The van der Waals surface area contributed by atoms with E-state index in [2.05, 4.69) is 5.32 Å². The Morgan fingerprint density at radius 1 is 1.25 bits per heavy atom. The number of carbonyl (C=O) groups is 2. The van der Waals surface area contributed by atoms with Gasteiger partial charge >= 0.3 is 5.97 Å². The number of hydrogen-bond donors (Lipinski definition) is 1. The molecule has 0 saturated heterocycles. The Morgan fingerprint density at radius 2 is 2.04 bits per heavy atom. The fraction of sp³-hybridized carbons (Fsp3) is 0.429. The van der Waals surface area contributed by atoms with Crippen molar-refractivity contribution in [3.05, 3.63) is 45.3 Å². The smallest absolute Gasteiger partial charge is 0.341 e. The van der Waals surface area contributed by atoms with Crippen LogP contribution in [0.1, 0.15) is 53.9 Å². The van der Waals surface area contributed by atoms with Gasteiger partial charge in [-0.2, -0.15) is 0 Å². The molecule has 28 heavy (non-hydrogen) atoms. The van der Waals surface area contributed by atoms with Crippen molar-refractivity contribution >= 4 is 39.8 Å². The summed E-state index contributed by atoms with van der Waals surface area (Å²) < 4.78 is 10.9. The lowest BCUT2D eigenvalue weighted by atomic mass is 10.1. The molecule has 0 aliphatic heterocycles. The van der Waals surface area contributed by atoms with Crippen LogP contribution in [0.5, 0.6) is 5.75 Å². The number of thiophene rings is 1. The topological polar surface area (TPSA) is 64.6 Å². The third-order valence-electron chi connectivity index (χ3n) is 4.62. The van der Waals surface area contributed by atoms with Crippen molar-refractivity contribution in [3.8, 4) is 5.75 Å². The number of aryl methyl sites for hydroxylation is 1. The molecule has 0 fully saturated rings. The van der Waals surface area contributed by atoms with Crippen LogP contribution in [0.3, 0.4) is 0 Å². The van der Waals surface area contributed by atoms with Crippen molar-refractivity contribution in [1.82, 2.24) is 0 Å². The first-order chi connectivity index (χ1) is 13.5. The molecule has 3 rings (SSSR count). The van der Waals surface area contributed by atoms with E-state index >= 15 is 0 Å². The highest BCUT2D eigenvalue weighted by molar-refractivity contribution is 7.17. The van der Waals surface area contributed by atoms with Crippen molar-refractivity contribution in [3.63, 3.8) is 0 Å². The average Bonchev–Trinajstić information content (AvgIpc) is 2.82. The first-order valence-corrected chi connectivity index (χ1v) is 10.7. The largest absolute Gasteiger partial charge is 0.481 e. The maximum Gasteiger partial charge on any atom is 0.341 e. The van der Waals surface area contributed by atoms with Crippen LogP contribution in [0.4, 0.5) is 5.00 Å². The van der Waals surface area contributed by atoms with Gasteiger partial charge in [0.25, 0.3) is 5.91 Å². The molecule has 1 aromatic carbocycles. The Labute approximate surface area is 174 Å². The van der Waals surface area contributed by atoms with Crippen LogP contribution in [0.25, 0.3) is 0 Å². The number of halogens is 1. The molecule has 0 unspecified atom stereocenters. The third kappa shape index (κ3) is 4.86. The van der Waals surface area contributed by atoms with Crippen LogP contribution in [-0.2, 0) is 22.4 Å². The second-order valence-corrected chi connectivity index (χ2v) is 8.24. The van der Waals surface area contributed by atoms with Gasteiger partial charge in [-0.25, -0.2) is 4.79 Å². The fourth-order valence-electron chi connectivity index (χ4n) is 3.26. The number of benzene rings is 1. The zero-order valence-electron chi connectivity index (χ0n) is 16.0. The maximum absolute atomic E-state index is 12.7. The molecule has 5 nitrogen and oxygen atoms in total. The lowest BCUT2D eigenvalue weighted by molar-refractivity contribution is -0.122. The van der Waals surface area contributed by atoms with Gasteiger partial charge < -0.3 is 14.8 Å².